The number of carbonyl (C=O) groups is 1. The quantitative estimate of drug-likeness (QED) is 0.487. The van der Waals surface area contributed by atoms with Gasteiger partial charge >= 0.3 is 6.18 Å². The van der Waals surface area contributed by atoms with Gasteiger partial charge in [-0.15, -0.1) is 0 Å². The summed E-state index contributed by atoms with van der Waals surface area (Å²) in [4.78, 5) is 28.6. The molecule has 1 amide bonds. The van der Waals surface area contributed by atoms with Crippen LogP contribution in [-0.2, 0) is 11.0 Å². The standard InChI is InChI=1S/C22H21F3N6O2/c1-12-9-14(3-4-15(12)30-21(33)16(5-6-26)27-7-8-32)20-28-11-17-19(31-20)13(2)10-18(29-17)22(23,24)25/h3-6,9-11,32H,7-8,26H2,1-2H3,(H,30,33). The molecule has 0 fully saturated rings. The predicted molar refractivity (Wildman–Crippen MR) is 119 cm³/mol. The van der Waals surface area contributed by atoms with Crippen LogP contribution < -0.4 is 11.1 Å². The Hall–Kier alpha value is -3.86. The van der Waals surface area contributed by atoms with Crippen molar-refractivity contribution in [3.8, 4) is 11.4 Å². The number of carbonyl (C=O) groups excluding carboxylic acids is 1. The van der Waals surface area contributed by atoms with Crippen molar-refractivity contribution in [3.05, 3.63) is 59.6 Å². The minimum Gasteiger partial charge on any atom is -0.405 e. The Bertz CT molecular complexity index is 1250. The molecule has 0 spiro atoms. The maximum atomic E-state index is 13.0. The Morgan fingerprint density at radius 2 is 1.97 bits per heavy atom. The van der Waals surface area contributed by atoms with Gasteiger partial charge in [0.15, 0.2) is 5.82 Å². The smallest absolute Gasteiger partial charge is 0.405 e. The van der Waals surface area contributed by atoms with Crippen LogP contribution in [0.2, 0.25) is 0 Å². The lowest BCUT2D eigenvalue weighted by Crippen LogP contribution is -2.22. The molecule has 0 atom stereocenters. The van der Waals surface area contributed by atoms with Crippen LogP contribution in [0.3, 0.4) is 0 Å². The van der Waals surface area contributed by atoms with E-state index in [9.17, 15) is 18.0 Å². The number of aryl methyl sites for hydroxylation is 2. The first kappa shape index (κ1) is 23.8. The zero-order valence-electron chi connectivity index (χ0n) is 17.8. The second-order valence-corrected chi connectivity index (χ2v) is 7.08. The van der Waals surface area contributed by atoms with Crippen LogP contribution >= 0.6 is 0 Å². The summed E-state index contributed by atoms with van der Waals surface area (Å²) in [6.45, 7) is 3.15. The first-order valence-electron chi connectivity index (χ1n) is 9.81. The van der Waals surface area contributed by atoms with Gasteiger partial charge in [0.1, 0.15) is 16.9 Å². The van der Waals surface area contributed by atoms with Crippen molar-refractivity contribution in [3.63, 3.8) is 0 Å². The third-order valence-electron chi connectivity index (χ3n) is 4.63. The van der Waals surface area contributed by atoms with Crippen molar-refractivity contribution in [1.29, 1.82) is 0 Å². The number of amides is 1. The monoisotopic (exact) mass is 458 g/mol. The number of rotatable bonds is 6. The van der Waals surface area contributed by atoms with Gasteiger partial charge in [0.2, 0.25) is 0 Å². The van der Waals surface area contributed by atoms with E-state index in [1.807, 2.05) is 0 Å². The minimum absolute atomic E-state index is 0.0503. The van der Waals surface area contributed by atoms with Gasteiger partial charge in [0, 0.05) is 11.3 Å². The number of fused-ring (bicyclic) bond motifs is 1. The van der Waals surface area contributed by atoms with Gasteiger partial charge in [0.05, 0.1) is 24.9 Å². The molecule has 3 rings (SSSR count). The largest absolute Gasteiger partial charge is 0.433 e. The molecule has 33 heavy (non-hydrogen) atoms. The van der Waals surface area contributed by atoms with Gasteiger partial charge < -0.3 is 16.2 Å². The topological polar surface area (TPSA) is 126 Å². The van der Waals surface area contributed by atoms with Crippen LogP contribution in [-0.4, -0.2) is 44.8 Å². The Morgan fingerprint density at radius 3 is 2.61 bits per heavy atom. The first-order valence-corrected chi connectivity index (χ1v) is 9.81. The number of aliphatic hydroxyl groups is 1. The lowest BCUT2D eigenvalue weighted by Gasteiger charge is -2.11. The summed E-state index contributed by atoms with van der Waals surface area (Å²) < 4.78 is 39.0. The molecule has 0 saturated heterocycles. The highest BCUT2D eigenvalue weighted by atomic mass is 19.4. The van der Waals surface area contributed by atoms with Crippen molar-refractivity contribution in [2.24, 2.45) is 10.7 Å². The number of nitrogens with two attached hydrogens (primary N) is 1. The number of alkyl halides is 3. The molecule has 0 aliphatic heterocycles. The molecule has 2 aromatic heterocycles. The van der Waals surface area contributed by atoms with Crippen LogP contribution in [0.4, 0.5) is 18.9 Å². The third kappa shape index (κ3) is 5.50. The van der Waals surface area contributed by atoms with E-state index < -0.39 is 17.8 Å². The molecule has 172 valence electrons. The fourth-order valence-electron chi connectivity index (χ4n) is 3.06. The van der Waals surface area contributed by atoms with Gasteiger partial charge in [-0.3, -0.25) is 9.79 Å². The highest BCUT2D eigenvalue weighted by Gasteiger charge is 2.33. The molecule has 0 saturated carbocycles. The number of aliphatic hydroxyl groups excluding tert-OH is 1. The molecule has 0 unspecified atom stereocenters. The SMILES string of the molecule is Cc1cc(-c2ncc3nc(C(F)(F)F)cc(C)c3n2)ccc1NC(=O)C(C=CN)=NCCO. The van der Waals surface area contributed by atoms with E-state index in [4.69, 9.17) is 10.8 Å². The van der Waals surface area contributed by atoms with Crippen molar-refractivity contribution < 1.29 is 23.1 Å². The molecular formula is C22H21F3N6O2. The molecular weight excluding hydrogens is 437 g/mol. The third-order valence-corrected chi connectivity index (χ3v) is 4.63. The normalized spacial score (nSPS) is 12.5. The van der Waals surface area contributed by atoms with Gasteiger partial charge in [-0.2, -0.15) is 13.2 Å². The van der Waals surface area contributed by atoms with Gasteiger partial charge in [-0.05, 0) is 61.5 Å². The number of benzene rings is 1. The van der Waals surface area contributed by atoms with E-state index in [2.05, 4.69) is 25.3 Å². The first-order chi connectivity index (χ1) is 15.6. The zero-order valence-corrected chi connectivity index (χ0v) is 17.8. The highest BCUT2D eigenvalue weighted by Crippen LogP contribution is 2.31. The fraction of sp³-hybridized carbons (Fsp3) is 0.227. The second-order valence-electron chi connectivity index (χ2n) is 7.08. The number of aliphatic imine (C=N–C) groups is 1. The van der Waals surface area contributed by atoms with Crippen LogP contribution in [0.5, 0.6) is 0 Å². The summed E-state index contributed by atoms with van der Waals surface area (Å²) in [6.07, 6.45) is -0.791. The molecule has 2 heterocycles. The number of aromatic nitrogens is 3. The van der Waals surface area contributed by atoms with Crippen molar-refractivity contribution in [2.45, 2.75) is 20.0 Å². The number of nitrogens with zero attached hydrogens (tertiary/aromatic N) is 4. The van der Waals surface area contributed by atoms with Crippen LogP contribution in [0, 0.1) is 13.8 Å². The molecule has 0 radical (unpaired) electrons. The molecule has 0 aliphatic rings. The van der Waals surface area contributed by atoms with Crippen molar-refractivity contribution >= 4 is 28.3 Å². The average molecular weight is 458 g/mol. The van der Waals surface area contributed by atoms with E-state index in [0.717, 1.165) is 6.07 Å². The second kappa shape index (κ2) is 9.74. The Kier molecular flexibility index (Phi) is 7.02. The number of anilines is 1. The Morgan fingerprint density at radius 1 is 1.21 bits per heavy atom. The number of nitrogens with one attached hydrogen (secondary N) is 1. The van der Waals surface area contributed by atoms with Gasteiger partial charge in [0.25, 0.3) is 5.91 Å². The summed E-state index contributed by atoms with van der Waals surface area (Å²) in [6, 6.07) is 6.03. The molecule has 1 aromatic carbocycles. The summed E-state index contributed by atoms with van der Waals surface area (Å²) in [5.41, 5.74) is 6.95. The van der Waals surface area contributed by atoms with Crippen LogP contribution in [0.15, 0.2) is 47.7 Å². The molecule has 11 heteroatoms. The maximum absolute atomic E-state index is 13.0. The van der Waals surface area contributed by atoms with Gasteiger partial charge in [-0.1, -0.05) is 0 Å². The fourth-order valence-corrected chi connectivity index (χ4v) is 3.06. The van der Waals surface area contributed by atoms with E-state index in [0.29, 0.717) is 33.7 Å². The van der Waals surface area contributed by atoms with E-state index in [1.54, 1.807) is 25.1 Å². The average Bonchev–Trinajstić information content (AvgIpc) is 2.77. The van der Waals surface area contributed by atoms with Gasteiger partial charge in [-0.25, -0.2) is 15.0 Å². The maximum Gasteiger partial charge on any atom is 0.433 e. The Balaban J connectivity index is 1.90. The summed E-state index contributed by atoms with van der Waals surface area (Å²) in [5.74, 6) is -0.186. The van der Waals surface area contributed by atoms with E-state index in [-0.39, 0.29) is 24.4 Å². The molecule has 4 N–H and O–H groups in total. The highest BCUT2D eigenvalue weighted by molar-refractivity contribution is 6.47. The van der Waals surface area contributed by atoms with Crippen molar-refractivity contribution in [2.75, 3.05) is 18.5 Å². The molecule has 0 bridgehead atoms. The summed E-state index contributed by atoms with van der Waals surface area (Å²) in [7, 11) is 0. The molecule has 0 aliphatic carbocycles. The number of hydrogen-bond donors (Lipinski definition) is 3. The lowest BCUT2D eigenvalue weighted by atomic mass is 10.1. The van der Waals surface area contributed by atoms with Crippen molar-refractivity contribution in [1.82, 2.24) is 15.0 Å². The van der Waals surface area contributed by atoms with E-state index >= 15 is 0 Å². The number of pyridine rings is 1. The Labute approximate surface area is 187 Å². The summed E-state index contributed by atoms with van der Waals surface area (Å²) >= 11 is 0. The summed E-state index contributed by atoms with van der Waals surface area (Å²) in [5, 5.41) is 11.6. The number of hydrogen-bond acceptors (Lipinski definition) is 7. The molecule has 8 nitrogen and oxygen atoms in total. The predicted octanol–water partition coefficient (Wildman–Crippen LogP) is 3.17. The lowest BCUT2D eigenvalue weighted by molar-refractivity contribution is -0.141. The van der Waals surface area contributed by atoms with Crippen LogP contribution in [0.1, 0.15) is 16.8 Å². The zero-order chi connectivity index (χ0) is 24.2. The minimum atomic E-state index is -4.56. The number of halogens is 3. The van der Waals surface area contributed by atoms with Crippen LogP contribution in [0.25, 0.3) is 22.4 Å². The van der Waals surface area contributed by atoms with E-state index in [1.165, 1.54) is 25.4 Å². The molecule has 3 aromatic rings.